The molecule has 0 spiro atoms. The Morgan fingerprint density at radius 3 is 2.85 bits per heavy atom. The molecule has 0 amide bonds. The van der Waals surface area contributed by atoms with E-state index < -0.39 is 10.2 Å². The highest BCUT2D eigenvalue weighted by atomic mass is 32.2. The summed E-state index contributed by atoms with van der Waals surface area (Å²) in [5.41, 5.74) is 0.787. The zero-order valence-corrected chi connectivity index (χ0v) is 12.3. The molecule has 20 heavy (non-hydrogen) atoms. The molecule has 1 aliphatic heterocycles. The number of nitrogens with zero attached hydrogens (tertiary/aromatic N) is 1. The second kappa shape index (κ2) is 6.04. The van der Waals surface area contributed by atoms with Crippen LogP contribution in [0.15, 0.2) is 29.8 Å². The Morgan fingerprint density at radius 1 is 1.55 bits per heavy atom. The lowest BCUT2D eigenvalue weighted by atomic mass is 10.1. The van der Waals surface area contributed by atoms with Crippen molar-refractivity contribution >= 4 is 11.8 Å². The Hall–Kier alpha value is -1.89. The predicted molar refractivity (Wildman–Crippen MR) is 77.6 cm³/mol. The van der Waals surface area contributed by atoms with Crippen LogP contribution in [0, 0.1) is 10.1 Å². The number of hydrogen-bond donors (Lipinski definition) is 1. The van der Waals surface area contributed by atoms with Crippen LogP contribution >= 0.6 is 11.8 Å². The van der Waals surface area contributed by atoms with Crippen LogP contribution < -0.4 is 14.8 Å². The van der Waals surface area contributed by atoms with Gasteiger partial charge in [0.1, 0.15) is 5.25 Å². The van der Waals surface area contributed by atoms with Gasteiger partial charge in [-0.05, 0) is 19.2 Å². The van der Waals surface area contributed by atoms with Gasteiger partial charge >= 0.3 is 5.70 Å². The van der Waals surface area contributed by atoms with Crippen molar-refractivity contribution < 1.29 is 14.4 Å². The predicted octanol–water partition coefficient (Wildman–Crippen LogP) is 2.55. The largest absolute Gasteiger partial charge is 0.490 e. The third-order valence-corrected chi connectivity index (χ3v) is 3.88. The topological polar surface area (TPSA) is 73.6 Å². The molecule has 0 fully saturated rings. The molecule has 1 aliphatic rings. The summed E-state index contributed by atoms with van der Waals surface area (Å²) in [6.45, 7) is 2.38. The van der Waals surface area contributed by atoms with Crippen molar-refractivity contribution in [1.82, 2.24) is 5.32 Å². The summed E-state index contributed by atoms with van der Waals surface area (Å²) in [6.07, 6.45) is 1.84. The van der Waals surface area contributed by atoms with Crippen molar-refractivity contribution in [2.75, 3.05) is 19.9 Å². The van der Waals surface area contributed by atoms with Crippen LogP contribution in [-0.4, -0.2) is 24.8 Å². The first kappa shape index (κ1) is 14.5. The van der Waals surface area contributed by atoms with Gasteiger partial charge in [0.15, 0.2) is 11.5 Å². The van der Waals surface area contributed by atoms with Gasteiger partial charge in [-0.15, -0.1) is 11.8 Å². The highest BCUT2D eigenvalue weighted by Gasteiger charge is 2.39. The molecular formula is C13H16N2O4S. The lowest BCUT2D eigenvalue weighted by Gasteiger charge is -2.25. The highest BCUT2D eigenvalue weighted by molar-refractivity contribution is 7.99. The second-order valence-electron chi connectivity index (χ2n) is 4.05. The molecule has 1 aromatic rings. The minimum atomic E-state index is -0.400. The molecule has 0 saturated carbocycles. The Balaban J connectivity index is 2.58. The molecule has 0 aromatic heterocycles. The van der Waals surface area contributed by atoms with Gasteiger partial charge in [0.05, 0.1) is 11.5 Å². The van der Waals surface area contributed by atoms with Gasteiger partial charge in [-0.2, -0.15) is 0 Å². The van der Waals surface area contributed by atoms with Crippen LogP contribution in [0.4, 0.5) is 0 Å². The molecule has 6 nitrogen and oxygen atoms in total. The number of thioether (sulfide) groups is 1. The molecule has 0 radical (unpaired) electrons. The molecule has 1 atom stereocenters. The van der Waals surface area contributed by atoms with Crippen LogP contribution in [0.3, 0.4) is 0 Å². The second-order valence-corrected chi connectivity index (χ2v) is 4.99. The minimum absolute atomic E-state index is 0.0288. The average molecular weight is 296 g/mol. The van der Waals surface area contributed by atoms with E-state index in [0.717, 1.165) is 5.56 Å². The van der Waals surface area contributed by atoms with Crippen LogP contribution in [0.2, 0.25) is 0 Å². The smallest absolute Gasteiger partial charge is 0.323 e. The van der Waals surface area contributed by atoms with Gasteiger partial charge in [-0.1, -0.05) is 12.1 Å². The van der Waals surface area contributed by atoms with Gasteiger partial charge < -0.3 is 14.8 Å². The Morgan fingerprint density at radius 2 is 2.30 bits per heavy atom. The zero-order valence-electron chi connectivity index (χ0n) is 11.5. The Bertz CT molecular complexity index is 559. The summed E-state index contributed by atoms with van der Waals surface area (Å²) in [5.74, 6) is 1.30. The monoisotopic (exact) mass is 296 g/mol. The minimum Gasteiger partial charge on any atom is -0.490 e. The number of nitro groups is 1. The maximum Gasteiger partial charge on any atom is 0.323 e. The van der Waals surface area contributed by atoms with Crippen molar-refractivity contribution in [3.8, 4) is 11.5 Å². The third-order valence-electron chi connectivity index (χ3n) is 2.94. The summed E-state index contributed by atoms with van der Waals surface area (Å²) in [5, 5.41) is 13.7. The molecular weight excluding hydrogens is 280 g/mol. The summed E-state index contributed by atoms with van der Waals surface area (Å²) >= 11 is 1.40. The molecule has 1 aromatic carbocycles. The van der Waals surface area contributed by atoms with Crippen molar-refractivity contribution in [2.24, 2.45) is 0 Å². The normalized spacial score (nSPS) is 17.2. The molecule has 1 N–H and O–H groups in total. The third kappa shape index (κ3) is 2.40. The number of para-hydroxylation sites is 1. The van der Waals surface area contributed by atoms with E-state index in [4.69, 9.17) is 9.47 Å². The molecule has 0 bridgehead atoms. The maximum absolute atomic E-state index is 11.3. The molecule has 108 valence electrons. The van der Waals surface area contributed by atoms with Crippen molar-refractivity contribution in [1.29, 1.82) is 0 Å². The van der Waals surface area contributed by atoms with Crippen molar-refractivity contribution in [2.45, 2.75) is 12.2 Å². The SMILES string of the molecule is CCOc1cccc2c1OC(NC)=C([N+](=O)[O-])C2SC. The van der Waals surface area contributed by atoms with E-state index >= 15 is 0 Å². The molecule has 2 rings (SSSR count). The lowest BCUT2D eigenvalue weighted by Crippen LogP contribution is -2.26. The summed E-state index contributed by atoms with van der Waals surface area (Å²) in [6, 6.07) is 5.44. The van der Waals surface area contributed by atoms with Crippen LogP contribution in [0.25, 0.3) is 0 Å². The zero-order chi connectivity index (χ0) is 14.7. The van der Waals surface area contributed by atoms with E-state index in [1.54, 1.807) is 13.1 Å². The van der Waals surface area contributed by atoms with E-state index in [1.165, 1.54) is 11.8 Å². The molecule has 1 heterocycles. The summed E-state index contributed by atoms with van der Waals surface area (Å²) in [7, 11) is 1.60. The van der Waals surface area contributed by atoms with Gasteiger partial charge in [0, 0.05) is 12.6 Å². The summed E-state index contributed by atoms with van der Waals surface area (Å²) in [4.78, 5) is 10.9. The molecule has 7 heteroatoms. The number of fused-ring (bicyclic) bond motifs is 1. The number of ether oxygens (including phenoxy) is 2. The lowest BCUT2D eigenvalue weighted by molar-refractivity contribution is -0.431. The fourth-order valence-electron chi connectivity index (χ4n) is 2.13. The molecule has 0 aliphatic carbocycles. The quantitative estimate of drug-likeness (QED) is 0.665. The maximum atomic E-state index is 11.3. The van der Waals surface area contributed by atoms with Gasteiger partial charge in [0.2, 0.25) is 0 Å². The fourth-order valence-corrected chi connectivity index (χ4v) is 2.99. The Kier molecular flexibility index (Phi) is 4.39. The van der Waals surface area contributed by atoms with Gasteiger partial charge in [-0.25, -0.2) is 0 Å². The molecule has 0 saturated heterocycles. The van der Waals surface area contributed by atoms with Crippen molar-refractivity contribution in [3.63, 3.8) is 0 Å². The Labute approximate surface area is 121 Å². The highest BCUT2D eigenvalue weighted by Crippen LogP contribution is 2.48. The molecule has 1 unspecified atom stereocenters. The van der Waals surface area contributed by atoms with E-state index in [-0.39, 0.29) is 11.6 Å². The van der Waals surface area contributed by atoms with Gasteiger partial charge in [-0.3, -0.25) is 10.1 Å². The average Bonchev–Trinajstić information content (AvgIpc) is 2.45. The van der Waals surface area contributed by atoms with E-state index in [1.807, 2.05) is 25.3 Å². The number of benzene rings is 1. The van der Waals surface area contributed by atoms with Crippen LogP contribution in [0.1, 0.15) is 17.7 Å². The van der Waals surface area contributed by atoms with Gasteiger partial charge in [0.25, 0.3) is 5.88 Å². The van der Waals surface area contributed by atoms with E-state index in [0.29, 0.717) is 18.1 Å². The van der Waals surface area contributed by atoms with E-state index in [2.05, 4.69) is 5.32 Å². The number of nitrogens with one attached hydrogen (secondary N) is 1. The first-order valence-electron chi connectivity index (χ1n) is 6.16. The first-order valence-corrected chi connectivity index (χ1v) is 7.45. The standard InChI is InChI=1S/C13H16N2O4S/c1-4-18-9-7-5-6-8-11(9)19-13(14-2)10(15(16)17)12(8)20-3/h5-7,12,14H,4H2,1-3H3. The summed E-state index contributed by atoms with van der Waals surface area (Å²) < 4.78 is 11.2. The van der Waals surface area contributed by atoms with E-state index in [9.17, 15) is 10.1 Å². The first-order chi connectivity index (χ1) is 9.63. The van der Waals surface area contributed by atoms with Crippen LogP contribution in [0.5, 0.6) is 11.5 Å². The van der Waals surface area contributed by atoms with Crippen molar-refractivity contribution in [3.05, 3.63) is 45.5 Å². The van der Waals surface area contributed by atoms with Crippen LogP contribution in [-0.2, 0) is 0 Å². The number of hydrogen-bond acceptors (Lipinski definition) is 6. The fraction of sp³-hybridized carbons (Fsp3) is 0.385. The number of rotatable bonds is 5.